The molecule has 0 saturated carbocycles. The van der Waals surface area contributed by atoms with Crippen LogP contribution in [0.5, 0.6) is 5.75 Å². The summed E-state index contributed by atoms with van der Waals surface area (Å²) >= 11 is 3.34. The first-order valence-corrected chi connectivity index (χ1v) is 7.84. The predicted molar refractivity (Wildman–Crippen MR) is 70.7 cm³/mol. The normalized spacial score (nSPS) is 18.8. The van der Waals surface area contributed by atoms with Crippen LogP contribution in [0.1, 0.15) is 12.0 Å². The van der Waals surface area contributed by atoms with Crippen molar-refractivity contribution in [3.05, 3.63) is 35.9 Å². The van der Waals surface area contributed by atoms with Crippen LogP contribution >= 0.6 is 25.0 Å². The van der Waals surface area contributed by atoms with Crippen LogP contribution in [0.3, 0.4) is 0 Å². The molecule has 1 aliphatic heterocycles. The van der Waals surface area contributed by atoms with E-state index < -0.39 is 5.97 Å². The first-order valence-electron chi connectivity index (χ1n) is 5.18. The molecule has 1 aromatic carbocycles. The summed E-state index contributed by atoms with van der Waals surface area (Å²) in [6.07, 6.45) is 4.32. The van der Waals surface area contributed by atoms with Gasteiger partial charge in [-0.2, -0.15) is 0 Å². The Morgan fingerprint density at radius 2 is 2.41 bits per heavy atom. The van der Waals surface area contributed by atoms with Gasteiger partial charge in [-0.1, -0.05) is 0 Å². The molecule has 1 unspecified atom stereocenters. The van der Waals surface area contributed by atoms with Gasteiger partial charge in [0.1, 0.15) is 11.9 Å². The molecule has 0 radical (unpaired) electrons. The molecule has 3 nitrogen and oxygen atoms in total. The zero-order chi connectivity index (χ0) is 12.3. The Kier molecular flexibility index (Phi) is 4.12. The number of hydrogen-bond acceptors (Lipinski definition) is 3. The minimum absolute atomic E-state index is 0.138. The van der Waals surface area contributed by atoms with Crippen molar-refractivity contribution in [2.75, 3.05) is 0 Å². The van der Waals surface area contributed by atoms with Crippen LogP contribution in [0.15, 0.2) is 35.2 Å². The van der Waals surface area contributed by atoms with Gasteiger partial charge in [0.05, 0.1) is 0 Å². The van der Waals surface area contributed by atoms with E-state index in [2.05, 4.69) is 20.9 Å². The highest BCUT2D eigenvalue weighted by Crippen LogP contribution is 2.33. The number of hydrogen-bond donors (Lipinski definition) is 1. The minimum Gasteiger partial charge on any atom is -0.486 e. The molecule has 0 aromatic heterocycles. The second-order valence-corrected chi connectivity index (χ2v) is 5.34. The van der Waals surface area contributed by atoms with Crippen molar-refractivity contribution in [3.63, 3.8) is 0 Å². The zero-order valence-electron chi connectivity index (χ0n) is 8.93. The summed E-state index contributed by atoms with van der Waals surface area (Å²) < 4.78 is 5.71. The molecule has 0 fully saturated rings. The van der Waals surface area contributed by atoms with Crippen LogP contribution in [0.2, 0.25) is 0 Å². The highest BCUT2D eigenvalue weighted by atomic mass is 79.9. The van der Waals surface area contributed by atoms with Gasteiger partial charge < -0.3 is 9.84 Å². The maximum absolute atomic E-state index is 10.4. The molecule has 1 aromatic rings. The van der Waals surface area contributed by atoms with Crippen LogP contribution in [0, 0.1) is 0 Å². The number of benzene rings is 1. The van der Waals surface area contributed by atoms with E-state index in [0.717, 1.165) is 29.6 Å². The van der Waals surface area contributed by atoms with E-state index in [1.807, 2.05) is 12.1 Å². The molecule has 1 heterocycles. The molecule has 1 N–H and O–H groups in total. The van der Waals surface area contributed by atoms with E-state index in [1.165, 1.54) is 15.8 Å². The summed E-state index contributed by atoms with van der Waals surface area (Å²) in [6, 6.07) is 5.99. The fraction of sp³-hybridized carbons (Fsp3) is 0.250. The van der Waals surface area contributed by atoms with Crippen LogP contribution in [-0.4, -0.2) is 17.2 Å². The van der Waals surface area contributed by atoms with Gasteiger partial charge in [0, 0.05) is 11.0 Å². The van der Waals surface area contributed by atoms with Crippen molar-refractivity contribution in [1.29, 1.82) is 0 Å². The van der Waals surface area contributed by atoms with Crippen LogP contribution in [0.25, 0.3) is 0 Å². The molecule has 0 bridgehead atoms. The summed E-state index contributed by atoms with van der Waals surface area (Å²) in [5.41, 5.74) is 1.18. The van der Waals surface area contributed by atoms with Gasteiger partial charge in [0.15, 0.2) is 0 Å². The number of fused-ring (bicyclic) bond motifs is 1. The molecule has 1 aliphatic rings. The van der Waals surface area contributed by atoms with Crippen molar-refractivity contribution < 1.29 is 14.6 Å². The van der Waals surface area contributed by atoms with Crippen molar-refractivity contribution >= 4 is 31.0 Å². The van der Waals surface area contributed by atoms with Gasteiger partial charge in [-0.05, 0) is 67.7 Å². The lowest BCUT2D eigenvalue weighted by atomic mass is 10.0. The lowest BCUT2D eigenvalue weighted by Crippen LogP contribution is -2.20. The Balaban J connectivity index is 2.11. The number of ether oxygens (including phenoxy) is 1. The lowest BCUT2D eigenvalue weighted by molar-refractivity contribution is -0.131. The summed E-state index contributed by atoms with van der Waals surface area (Å²) in [6.45, 7) is 0. The van der Waals surface area contributed by atoms with E-state index in [4.69, 9.17) is 9.84 Å². The van der Waals surface area contributed by atoms with E-state index in [9.17, 15) is 4.79 Å². The molecule has 1 atom stereocenters. The van der Waals surface area contributed by atoms with Crippen molar-refractivity contribution in [2.24, 2.45) is 0 Å². The summed E-state index contributed by atoms with van der Waals surface area (Å²) in [5.74, 6) is -0.0907. The number of aliphatic carboxylic acids is 1. The fourth-order valence-corrected chi connectivity index (χ4v) is 2.67. The van der Waals surface area contributed by atoms with E-state index in [1.54, 1.807) is 6.08 Å². The highest BCUT2D eigenvalue weighted by Gasteiger charge is 2.17. The molecule has 0 saturated heterocycles. The largest absolute Gasteiger partial charge is 0.486 e. The molecule has 0 amide bonds. The molecular weight excluding hydrogens is 304 g/mol. The second-order valence-electron chi connectivity index (χ2n) is 3.74. The molecule has 2 rings (SSSR count). The molecule has 0 aliphatic carbocycles. The zero-order valence-corrected chi connectivity index (χ0v) is 11.3. The average molecular weight is 315 g/mol. The van der Waals surface area contributed by atoms with E-state index >= 15 is 0 Å². The van der Waals surface area contributed by atoms with Gasteiger partial charge in [-0.3, -0.25) is 0 Å². The molecule has 17 heavy (non-hydrogen) atoms. The summed E-state index contributed by atoms with van der Waals surface area (Å²) in [5, 5.41) is 8.56. The number of carboxylic acids is 1. The maximum atomic E-state index is 10.4. The van der Waals surface area contributed by atoms with E-state index in [-0.39, 0.29) is 6.10 Å². The topological polar surface area (TPSA) is 46.5 Å². The second kappa shape index (κ2) is 5.60. The van der Waals surface area contributed by atoms with Gasteiger partial charge >= 0.3 is 5.97 Å². The summed E-state index contributed by atoms with van der Waals surface area (Å²) in [7, 11) is 1.52. The van der Waals surface area contributed by atoms with Crippen LogP contribution in [0.4, 0.5) is 0 Å². The van der Waals surface area contributed by atoms with E-state index in [0.29, 0.717) is 0 Å². The predicted octanol–water partition coefficient (Wildman–Crippen LogP) is 3.42. The molecule has 5 heteroatoms. The average Bonchev–Trinajstić information content (AvgIpc) is 2.35. The third-order valence-electron chi connectivity index (χ3n) is 2.55. The monoisotopic (exact) mass is 314 g/mol. The third kappa shape index (κ3) is 3.26. The molecule has 0 spiro atoms. The smallest absolute Gasteiger partial charge is 0.328 e. The van der Waals surface area contributed by atoms with Crippen molar-refractivity contribution in [3.8, 4) is 5.75 Å². The SMILES string of the molecule is O=C(O)/C=C/C1CCc2cc(SBr)ccc2O1. The standard InChI is InChI=1S/C12H11BrO3S/c13-17-10-4-5-11-8(7-10)1-2-9(16-11)3-6-12(14)15/h3-7,9H,1-2H2,(H,14,15)/b6-3+. The van der Waals surface area contributed by atoms with Crippen LogP contribution < -0.4 is 4.74 Å². The molecular formula is C12H11BrO3S. The van der Waals surface area contributed by atoms with Crippen LogP contribution in [-0.2, 0) is 11.2 Å². The Labute approximate surface area is 111 Å². The number of rotatable bonds is 3. The maximum Gasteiger partial charge on any atom is 0.328 e. The highest BCUT2D eigenvalue weighted by molar-refractivity contribution is 9.50. The number of carbonyl (C=O) groups is 1. The van der Waals surface area contributed by atoms with Gasteiger partial charge in [0.2, 0.25) is 0 Å². The lowest BCUT2D eigenvalue weighted by Gasteiger charge is -2.24. The Morgan fingerprint density at radius 1 is 1.59 bits per heavy atom. The quantitative estimate of drug-likeness (QED) is 0.868. The third-order valence-corrected chi connectivity index (χ3v) is 4.10. The number of halogens is 1. The van der Waals surface area contributed by atoms with Crippen molar-refractivity contribution in [2.45, 2.75) is 23.8 Å². The van der Waals surface area contributed by atoms with Gasteiger partial charge in [-0.15, -0.1) is 0 Å². The fourth-order valence-electron chi connectivity index (χ4n) is 1.76. The van der Waals surface area contributed by atoms with Crippen molar-refractivity contribution in [1.82, 2.24) is 0 Å². The first-order chi connectivity index (χ1) is 8.19. The Bertz CT molecular complexity index is 459. The van der Waals surface area contributed by atoms with Gasteiger partial charge in [-0.25, -0.2) is 4.79 Å². The minimum atomic E-state index is -0.939. The number of carboxylic acid groups (broad SMARTS) is 1. The first kappa shape index (κ1) is 12.5. The Hall–Kier alpha value is -0.940. The molecule has 90 valence electrons. The summed E-state index contributed by atoms with van der Waals surface area (Å²) in [4.78, 5) is 11.6. The van der Waals surface area contributed by atoms with Gasteiger partial charge in [0.25, 0.3) is 0 Å². The Morgan fingerprint density at radius 3 is 3.12 bits per heavy atom. The number of aryl methyl sites for hydroxylation is 1.